The van der Waals surface area contributed by atoms with Gasteiger partial charge in [0.1, 0.15) is 0 Å². The summed E-state index contributed by atoms with van der Waals surface area (Å²) in [6.45, 7) is 4.72. The Morgan fingerprint density at radius 1 is 1.54 bits per heavy atom. The summed E-state index contributed by atoms with van der Waals surface area (Å²) in [6, 6.07) is 2.40. The summed E-state index contributed by atoms with van der Waals surface area (Å²) in [5, 5.41) is 11.7. The van der Waals surface area contributed by atoms with Gasteiger partial charge in [0.15, 0.2) is 0 Å². The van der Waals surface area contributed by atoms with Crippen LogP contribution in [0.4, 0.5) is 0 Å². The van der Waals surface area contributed by atoms with Gasteiger partial charge in [0, 0.05) is 34.9 Å². The van der Waals surface area contributed by atoms with Crippen LogP contribution in [-0.4, -0.2) is 28.3 Å². The first-order chi connectivity index (χ1) is 6.24. The van der Waals surface area contributed by atoms with Crippen molar-refractivity contribution in [3.05, 3.63) is 0 Å². The molecule has 0 saturated carbocycles. The van der Waals surface area contributed by atoms with Gasteiger partial charge in [-0.2, -0.15) is 5.26 Å². The zero-order valence-electron chi connectivity index (χ0n) is 8.38. The fourth-order valence-electron chi connectivity index (χ4n) is 0.992. The molecular formula is C9H18N2OS. The second kappa shape index (κ2) is 8.21. The third-order valence-electron chi connectivity index (χ3n) is 1.92. The molecule has 0 aromatic carbocycles. The predicted molar refractivity (Wildman–Crippen MR) is 55.9 cm³/mol. The number of nitriles is 1. The van der Waals surface area contributed by atoms with E-state index in [4.69, 9.17) is 5.26 Å². The van der Waals surface area contributed by atoms with Crippen LogP contribution >= 0.6 is 0 Å². The van der Waals surface area contributed by atoms with E-state index in [0.717, 1.165) is 18.7 Å². The molecule has 0 radical (unpaired) electrons. The lowest BCUT2D eigenvalue weighted by atomic mass is 10.2. The highest BCUT2D eigenvalue weighted by Crippen LogP contribution is 1.95. The number of nitrogens with one attached hydrogen (secondary N) is 1. The molecule has 0 aromatic heterocycles. The lowest BCUT2D eigenvalue weighted by molar-refractivity contribution is 0.522. The summed E-state index contributed by atoms with van der Waals surface area (Å²) < 4.78 is 11.0. The van der Waals surface area contributed by atoms with Crippen molar-refractivity contribution >= 4 is 10.8 Å². The van der Waals surface area contributed by atoms with Crippen LogP contribution in [0.3, 0.4) is 0 Å². The van der Waals surface area contributed by atoms with Crippen molar-refractivity contribution in [1.29, 1.82) is 5.26 Å². The molecule has 0 fully saturated rings. The van der Waals surface area contributed by atoms with E-state index < -0.39 is 10.8 Å². The minimum absolute atomic E-state index is 0.263. The van der Waals surface area contributed by atoms with Crippen molar-refractivity contribution in [3.63, 3.8) is 0 Å². The minimum atomic E-state index is -0.695. The summed E-state index contributed by atoms with van der Waals surface area (Å²) in [6.07, 6.45) is 1.49. The quantitative estimate of drug-likeness (QED) is 0.671. The summed E-state index contributed by atoms with van der Waals surface area (Å²) in [4.78, 5) is 0. The van der Waals surface area contributed by atoms with Crippen LogP contribution in [0.1, 0.15) is 26.7 Å². The van der Waals surface area contributed by atoms with Crippen LogP contribution in [-0.2, 0) is 10.8 Å². The SMILES string of the molecule is CCC(CC#N)NCCS(=O)CC. The van der Waals surface area contributed by atoms with Gasteiger partial charge in [-0.05, 0) is 6.42 Å². The average Bonchev–Trinajstić information content (AvgIpc) is 2.16. The molecular weight excluding hydrogens is 184 g/mol. The van der Waals surface area contributed by atoms with Gasteiger partial charge in [-0.1, -0.05) is 13.8 Å². The van der Waals surface area contributed by atoms with Crippen molar-refractivity contribution in [1.82, 2.24) is 5.32 Å². The minimum Gasteiger partial charge on any atom is -0.312 e. The summed E-state index contributed by atoms with van der Waals surface area (Å²) in [5.41, 5.74) is 0. The molecule has 0 rings (SSSR count). The number of hydrogen-bond donors (Lipinski definition) is 1. The molecule has 0 bridgehead atoms. The molecule has 4 heteroatoms. The van der Waals surface area contributed by atoms with Gasteiger partial charge in [0.05, 0.1) is 12.5 Å². The maximum Gasteiger partial charge on any atom is 0.0638 e. The molecule has 0 aromatic rings. The molecule has 0 aliphatic rings. The van der Waals surface area contributed by atoms with Crippen molar-refractivity contribution < 1.29 is 4.21 Å². The van der Waals surface area contributed by atoms with Gasteiger partial charge in [0.2, 0.25) is 0 Å². The van der Waals surface area contributed by atoms with E-state index in [2.05, 4.69) is 11.4 Å². The summed E-state index contributed by atoms with van der Waals surface area (Å²) in [7, 11) is -0.695. The smallest absolute Gasteiger partial charge is 0.0638 e. The molecule has 13 heavy (non-hydrogen) atoms. The third-order valence-corrected chi connectivity index (χ3v) is 3.22. The lowest BCUT2D eigenvalue weighted by Crippen LogP contribution is -2.31. The zero-order chi connectivity index (χ0) is 10.1. The molecule has 0 saturated heterocycles. The van der Waals surface area contributed by atoms with Crippen LogP contribution in [0.15, 0.2) is 0 Å². The standard InChI is InChI=1S/C9H18N2OS/c1-3-9(5-6-10)11-7-8-13(12)4-2/h9,11H,3-5,7-8H2,1-2H3. The average molecular weight is 202 g/mol. The van der Waals surface area contributed by atoms with E-state index in [1.807, 2.05) is 13.8 Å². The van der Waals surface area contributed by atoms with Crippen LogP contribution in [0.5, 0.6) is 0 Å². The maximum atomic E-state index is 11.0. The molecule has 2 unspecified atom stereocenters. The first-order valence-corrected chi connectivity index (χ1v) is 6.18. The van der Waals surface area contributed by atoms with Crippen LogP contribution < -0.4 is 5.32 Å². The van der Waals surface area contributed by atoms with Crippen LogP contribution in [0, 0.1) is 11.3 Å². The summed E-state index contributed by atoms with van der Waals surface area (Å²) >= 11 is 0. The Labute approximate surface area is 83.0 Å². The molecule has 0 aliphatic carbocycles. The third kappa shape index (κ3) is 6.73. The fourth-order valence-corrected chi connectivity index (χ4v) is 1.63. The van der Waals surface area contributed by atoms with Crippen LogP contribution in [0.25, 0.3) is 0 Å². The summed E-state index contributed by atoms with van der Waals surface area (Å²) in [5.74, 6) is 1.41. The van der Waals surface area contributed by atoms with Gasteiger partial charge in [-0.25, -0.2) is 0 Å². The van der Waals surface area contributed by atoms with E-state index in [-0.39, 0.29) is 6.04 Å². The van der Waals surface area contributed by atoms with Crippen molar-refractivity contribution in [2.45, 2.75) is 32.7 Å². The lowest BCUT2D eigenvalue weighted by Gasteiger charge is -2.12. The number of rotatable bonds is 7. The Bertz CT molecular complexity index is 189. The van der Waals surface area contributed by atoms with Gasteiger partial charge in [-0.3, -0.25) is 4.21 Å². The highest BCUT2D eigenvalue weighted by molar-refractivity contribution is 7.84. The largest absolute Gasteiger partial charge is 0.312 e. The van der Waals surface area contributed by atoms with Crippen LogP contribution in [0.2, 0.25) is 0 Å². The first kappa shape index (κ1) is 12.6. The molecule has 0 spiro atoms. The molecule has 1 N–H and O–H groups in total. The predicted octanol–water partition coefficient (Wildman–Crippen LogP) is 1.04. The molecule has 3 nitrogen and oxygen atoms in total. The van der Waals surface area contributed by atoms with Gasteiger partial charge < -0.3 is 5.32 Å². The van der Waals surface area contributed by atoms with Gasteiger partial charge in [0.25, 0.3) is 0 Å². The molecule has 2 atom stereocenters. The Hall–Kier alpha value is -0.400. The van der Waals surface area contributed by atoms with E-state index in [9.17, 15) is 4.21 Å². The van der Waals surface area contributed by atoms with E-state index in [0.29, 0.717) is 12.2 Å². The zero-order valence-corrected chi connectivity index (χ0v) is 9.19. The number of nitrogens with zero attached hydrogens (tertiary/aromatic N) is 1. The second-order valence-corrected chi connectivity index (χ2v) is 4.72. The Balaban J connectivity index is 3.50. The van der Waals surface area contributed by atoms with E-state index >= 15 is 0 Å². The Morgan fingerprint density at radius 2 is 2.23 bits per heavy atom. The number of hydrogen-bond acceptors (Lipinski definition) is 3. The molecule has 0 amide bonds. The molecule has 76 valence electrons. The normalized spacial score (nSPS) is 14.8. The van der Waals surface area contributed by atoms with Gasteiger partial charge in [-0.15, -0.1) is 0 Å². The monoisotopic (exact) mass is 202 g/mol. The maximum absolute atomic E-state index is 11.0. The highest BCUT2D eigenvalue weighted by Gasteiger charge is 2.04. The van der Waals surface area contributed by atoms with Crippen molar-refractivity contribution in [2.24, 2.45) is 0 Å². The van der Waals surface area contributed by atoms with Gasteiger partial charge >= 0.3 is 0 Å². The highest BCUT2D eigenvalue weighted by atomic mass is 32.2. The second-order valence-electron chi connectivity index (χ2n) is 2.85. The topological polar surface area (TPSA) is 52.9 Å². The first-order valence-electron chi connectivity index (χ1n) is 4.69. The van der Waals surface area contributed by atoms with Crippen molar-refractivity contribution in [2.75, 3.05) is 18.1 Å². The fraction of sp³-hybridized carbons (Fsp3) is 0.889. The Kier molecular flexibility index (Phi) is 7.96. The van der Waals surface area contributed by atoms with Crippen molar-refractivity contribution in [3.8, 4) is 6.07 Å². The van der Waals surface area contributed by atoms with E-state index in [1.165, 1.54) is 0 Å². The molecule has 0 heterocycles. The molecule has 0 aliphatic heterocycles. The van der Waals surface area contributed by atoms with E-state index in [1.54, 1.807) is 0 Å². The Morgan fingerprint density at radius 3 is 2.69 bits per heavy atom.